The maximum atomic E-state index is 13.4. The van der Waals surface area contributed by atoms with E-state index in [1.54, 1.807) is 11.0 Å². The molecule has 126 valence electrons. The number of fused-ring (bicyclic) bond motifs is 5. The van der Waals surface area contributed by atoms with Crippen molar-refractivity contribution in [3.8, 4) is 17.2 Å². The number of para-hydroxylation sites is 1. The third-order valence-corrected chi connectivity index (χ3v) is 5.11. The normalized spacial score (nSPS) is 22.1. The van der Waals surface area contributed by atoms with Gasteiger partial charge < -0.3 is 23.9 Å². The SMILES string of the molecule is O=CCCN1C(=O)C2(COc3cc4c(cc32)OCO4)c2ccccc21. The van der Waals surface area contributed by atoms with E-state index in [2.05, 4.69) is 0 Å². The minimum atomic E-state index is -0.893. The maximum Gasteiger partial charge on any atom is 0.245 e. The standard InChI is InChI=1S/C19H15NO5/c21-7-3-6-20-14-5-2-1-4-12(14)19(18(20)22)10-23-15-9-17-16(8-13(15)19)24-11-25-17/h1-2,4-5,7-9H,3,6,10-11H2. The summed E-state index contributed by atoms with van der Waals surface area (Å²) in [4.78, 5) is 25.9. The topological polar surface area (TPSA) is 65.1 Å². The number of hydrogen-bond donors (Lipinski definition) is 0. The summed E-state index contributed by atoms with van der Waals surface area (Å²) in [5.41, 5.74) is 1.64. The number of nitrogens with zero attached hydrogens (tertiary/aromatic N) is 1. The molecule has 3 aliphatic heterocycles. The van der Waals surface area contributed by atoms with Crippen LogP contribution in [0.4, 0.5) is 5.69 Å². The van der Waals surface area contributed by atoms with Gasteiger partial charge in [-0.3, -0.25) is 4.79 Å². The Hall–Kier alpha value is -3.02. The highest BCUT2D eigenvalue weighted by molar-refractivity contribution is 6.11. The van der Waals surface area contributed by atoms with Crippen molar-refractivity contribution in [3.63, 3.8) is 0 Å². The molecule has 5 rings (SSSR count). The number of anilines is 1. The van der Waals surface area contributed by atoms with E-state index in [-0.39, 0.29) is 19.3 Å². The number of benzene rings is 2. The number of ether oxygens (including phenoxy) is 3. The Kier molecular flexibility index (Phi) is 2.86. The Labute approximate surface area is 143 Å². The van der Waals surface area contributed by atoms with E-state index < -0.39 is 5.41 Å². The number of amides is 1. The summed E-state index contributed by atoms with van der Waals surface area (Å²) >= 11 is 0. The van der Waals surface area contributed by atoms with Gasteiger partial charge in [0.25, 0.3) is 0 Å². The predicted octanol–water partition coefficient (Wildman–Crippen LogP) is 2.03. The predicted molar refractivity (Wildman–Crippen MR) is 88.3 cm³/mol. The van der Waals surface area contributed by atoms with Crippen molar-refractivity contribution in [1.82, 2.24) is 0 Å². The minimum Gasteiger partial charge on any atom is -0.491 e. The molecule has 0 N–H and O–H groups in total. The molecule has 1 atom stereocenters. The molecule has 2 aromatic rings. The fourth-order valence-electron chi connectivity index (χ4n) is 3.97. The largest absolute Gasteiger partial charge is 0.491 e. The Morgan fingerprint density at radius 2 is 1.84 bits per heavy atom. The van der Waals surface area contributed by atoms with Crippen molar-refractivity contribution < 1.29 is 23.8 Å². The van der Waals surface area contributed by atoms with Gasteiger partial charge in [0, 0.05) is 30.3 Å². The third kappa shape index (κ3) is 1.74. The lowest BCUT2D eigenvalue weighted by molar-refractivity contribution is -0.122. The van der Waals surface area contributed by atoms with Crippen LogP contribution in [-0.4, -0.2) is 32.1 Å². The van der Waals surface area contributed by atoms with Gasteiger partial charge >= 0.3 is 0 Å². The molecular weight excluding hydrogens is 322 g/mol. The van der Waals surface area contributed by atoms with Gasteiger partial charge in [0.05, 0.1) is 0 Å². The van der Waals surface area contributed by atoms with Crippen molar-refractivity contribution in [2.24, 2.45) is 0 Å². The molecule has 25 heavy (non-hydrogen) atoms. The second-order valence-corrected chi connectivity index (χ2v) is 6.32. The van der Waals surface area contributed by atoms with Crippen molar-refractivity contribution in [1.29, 1.82) is 0 Å². The van der Waals surface area contributed by atoms with Crippen LogP contribution < -0.4 is 19.1 Å². The fraction of sp³-hybridized carbons (Fsp3) is 0.263. The lowest BCUT2D eigenvalue weighted by atomic mass is 9.77. The summed E-state index contributed by atoms with van der Waals surface area (Å²) in [5, 5.41) is 0. The van der Waals surface area contributed by atoms with Crippen LogP contribution in [0.15, 0.2) is 36.4 Å². The van der Waals surface area contributed by atoms with Crippen molar-refractivity contribution >= 4 is 17.9 Å². The molecule has 0 aliphatic carbocycles. The Bertz CT molecular complexity index is 909. The van der Waals surface area contributed by atoms with Gasteiger partial charge in [-0.15, -0.1) is 0 Å². The van der Waals surface area contributed by atoms with Crippen molar-refractivity contribution in [3.05, 3.63) is 47.5 Å². The quantitative estimate of drug-likeness (QED) is 0.802. The highest BCUT2D eigenvalue weighted by Gasteiger charge is 2.57. The Morgan fingerprint density at radius 3 is 2.68 bits per heavy atom. The van der Waals surface area contributed by atoms with E-state index in [0.717, 1.165) is 23.1 Å². The number of aldehydes is 1. The zero-order valence-corrected chi connectivity index (χ0v) is 13.4. The average Bonchev–Trinajstić information content (AvgIpc) is 3.30. The molecule has 0 radical (unpaired) electrons. The molecule has 2 aromatic carbocycles. The van der Waals surface area contributed by atoms with Crippen molar-refractivity contribution in [2.45, 2.75) is 11.8 Å². The first-order valence-corrected chi connectivity index (χ1v) is 8.18. The van der Waals surface area contributed by atoms with E-state index in [1.807, 2.05) is 30.3 Å². The fourth-order valence-corrected chi connectivity index (χ4v) is 3.97. The second kappa shape index (κ2) is 4.99. The lowest BCUT2D eigenvalue weighted by Crippen LogP contribution is -2.42. The molecule has 1 amide bonds. The van der Waals surface area contributed by atoms with Crippen LogP contribution in [0.3, 0.4) is 0 Å². The van der Waals surface area contributed by atoms with Crippen LogP contribution in [0, 0.1) is 0 Å². The van der Waals surface area contributed by atoms with Crippen LogP contribution in [0.1, 0.15) is 17.5 Å². The first-order chi connectivity index (χ1) is 12.3. The molecule has 0 aromatic heterocycles. The van der Waals surface area contributed by atoms with Gasteiger partial charge in [-0.1, -0.05) is 18.2 Å². The number of carbonyl (C=O) groups excluding carboxylic acids is 2. The summed E-state index contributed by atoms with van der Waals surface area (Å²) in [5.74, 6) is 1.84. The van der Waals surface area contributed by atoms with Crippen LogP contribution in [-0.2, 0) is 15.0 Å². The highest BCUT2D eigenvalue weighted by atomic mass is 16.7. The smallest absolute Gasteiger partial charge is 0.245 e. The lowest BCUT2D eigenvalue weighted by Gasteiger charge is -2.22. The van der Waals surface area contributed by atoms with Gasteiger partial charge in [-0.05, 0) is 17.7 Å². The molecule has 0 bridgehead atoms. The highest BCUT2D eigenvalue weighted by Crippen LogP contribution is 2.54. The first-order valence-electron chi connectivity index (χ1n) is 8.18. The van der Waals surface area contributed by atoms with E-state index in [1.165, 1.54) is 0 Å². The first kappa shape index (κ1) is 14.3. The summed E-state index contributed by atoms with van der Waals surface area (Å²) in [6.07, 6.45) is 1.13. The Morgan fingerprint density at radius 1 is 1.04 bits per heavy atom. The Balaban J connectivity index is 1.70. The average molecular weight is 337 g/mol. The summed E-state index contributed by atoms with van der Waals surface area (Å²) in [6.45, 7) is 0.765. The summed E-state index contributed by atoms with van der Waals surface area (Å²) in [6, 6.07) is 11.3. The van der Waals surface area contributed by atoms with Gasteiger partial charge in [0.15, 0.2) is 11.5 Å². The van der Waals surface area contributed by atoms with E-state index >= 15 is 0 Å². The van der Waals surface area contributed by atoms with E-state index in [0.29, 0.717) is 30.2 Å². The van der Waals surface area contributed by atoms with Gasteiger partial charge in [0.1, 0.15) is 24.1 Å². The molecule has 3 heterocycles. The monoisotopic (exact) mass is 337 g/mol. The number of carbonyl (C=O) groups is 2. The van der Waals surface area contributed by atoms with Crippen LogP contribution in [0.2, 0.25) is 0 Å². The second-order valence-electron chi connectivity index (χ2n) is 6.32. The molecule has 1 unspecified atom stereocenters. The number of hydrogen-bond acceptors (Lipinski definition) is 5. The van der Waals surface area contributed by atoms with Crippen LogP contribution >= 0.6 is 0 Å². The number of rotatable bonds is 3. The molecule has 3 aliphatic rings. The zero-order valence-electron chi connectivity index (χ0n) is 13.4. The van der Waals surface area contributed by atoms with Gasteiger partial charge in [-0.25, -0.2) is 0 Å². The molecule has 0 saturated carbocycles. The maximum absolute atomic E-state index is 13.4. The van der Waals surface area contributed by atoms with Crippen LogP contribution in [0.25, 0.3) is 0 Å². The molecule has 6 heteroatoms. The third-order valence-electron chi connectivity index (χ3n) is 5.11. The molecular formula is C19H15NO5. The zero-order chi connectivity index (χ0) is 17.0. The van der Waals surface area contributed by atoms with Gasteiger partial charge in [-0.2, -0.15) is 0 Å². The molecule has 6 nitrogen and oxygen atoms in total. The minimum absolute atomic E-state index is 0.0619. The molecule has 1 spiro atoms. The molecule has 0 fully saturated rings. The molecule has 0 saturated heterocycles. The summed E-state index contributed by atoms with van der Waals surface area (Å²) in [7, 11) is 0. The van der Waals surface area contributed by atoms with E-state index in [9.17, 15) is 9.59 Å². The van der Waals surface area contributed by atoms with E-state index in [4.69, 9.17) is 14.2 Å². The summed E-state index contributed by atoms with van der Waals surface area (Å²) < 4.78 is 16.8. The van der Waals surface area contributed by atoms with Crippen molar-refractivity contribution in [2.75, 3.05) is 24.8 Å². The van der Waals surface area contributed by atoms with Gasteiger partial charge in [0.2, 0.25) is 12.7 Å². The van der Waals surface area contributed by atoms with Crippen LogP contribution in [0.5, 0.6) is 17.2 Å².